The van der Waals surface area contributed by atoms with E-state index in [0.717, 1.165) is 27.5 Å². The Hall–Kier alpha value is -2.25. The van der Waals surface area contributed by atoms with E-state index in [-0.39, 0.29) is 11.9 Å². The van der Waals surface area contributed by atoms with Gasteiger partial charge >= 0.3 is 0 Å². The number of carbonyl (C=O) groups is 1. The van der Waals surface area contributed by atoms with Crippen LogP contribution in [0.3, 0.4) is 0 Å². The van der Waals surface area contributed by atoms with E-state index in [0.29, 0.717) is 13.1 Å². The highest BCUT2D eigenvalue weighted by Gasteiger charge is 2.13. The number of rotatable bonds is 6. The summed E-state index contributed by atoms with van der Waals surface area (Å²) in [5.74, 6) is -0.0225. The zero-order valence-corrected chi connectivity index (χ0v) is 14.9. The maximum atomic E-state index is 11.9. The van der Waals surface area contributed by atoms with Crippen molar-refractivity contribution in [3.05, 3.63) is 51.6 Å². The summed E-state index contributed by atoms with van der Waals surface area (Å²) in [7, 11) is 0. The fraction of sp³-hybridized carbons (Fsp3) is 0.353. The number of amides is 1. The third-order valence-corrected chi connectivity index (χ3v) is 4.83. The maximum absolute atomic E-state index is 11.9. The molecule has 3 aromatic heterocycles. The minimum absolute atomic E-state index is 0.0225. The minimum Gasteiger partial charge on any atom is -0.350 e. The predicted octanol–water partition coefficient (Wildman–Crippen LogP) is 2.49. The molecule has 7 heteroatoms. The summed E-state index contributed by atoms with van der Waals surface area (Å²) in [5.41, 5.74) is 4.01. The van der Waals surface area contributed by atoms with Crippen molar-refractivity contribution in [2.75, 3.05) is 13.1 Å². The highest BCUT2D eigenvalue weighted by atomic mass is 32.1. The summed E-state index contributed by atoms with van der Waals surface area (Å²) in [4.78, 5) is 17.1. The van der Waals surface area contributed by atoms with Gasteiger partial charge in [-0.15, -0.1) is 11.3 Å². The molecule has 0 radical (unpaired) electrons. The molecule has 3 rings (SSSR count). The van der Waals surface area contributed by atoms with E-state index in [9.17, 15) is 4.79 Å². The van der Waals surface area contributed by atoms with Crippen LogP contribution in [-0.4, -0.2) is 33.6 Å². The van der Waals surface area contributed by atoms with Gasteiger partial charge in [0.15, 0.2) is 5.65 Å². The van der Waals surface area contributed by atoms with Crippen LogP contribution in [0, 0.1) is 13.8 Å². The minimum atomic E-state index is -0.0225. The topological polar surface area (TPSA) is 71.3 Å². The van der Waals surface area contributed by atoms with Gasteiger partial charge < -0.3 is 10.6 Å². The van der Waals surface area contributed by atoms with Crippen molar-refractivity contribution < 1.29 is 4.79 Å². The van der Waals surface area contributed by atoms with Crippen molar-refractivity contribution in [2.45, 2.75) is 26.8 Å². The first-order valence-electron chi connectivity index (χ1n) is 7.93. The Bertz CT molecular complexity index is 840. The first kappa shape index (κ1) is 16.6. The molecular weight excluding hydrogens is 322 g/mol. The van der Waals surface area contributed by atoms with Gasteiger partial charge in [-0.2, -0.15) is 5.10 Å². The Balaban J connectivity index is 1.56. The Morgan fingerprint density at radius 3 is 2.96 bits per heavy atom. The Morgan fingerprint density at radius 2 is 2.21 bits per heavy atom. The highest BCUT2D eigenvalue weighted by molar-refractivity contribution is 7.12. The number of nitrogens with zero attached hydrogens (tertiary/aromatic N) is 3. The third kappa shape index (κ3) is 3.47. The third-order valence-electron chi connectivity index (χ3n) is 3.96. The molecule has 0 spiro atoms. The second-order valence-electron chi connectivity index (χ2n) is 5.76. The molecule has 6 nitrogen and oxygen atoms in total. The van der Waals surface area contributed by atoms with Gasteiger partial charge in [-0.1, -0.05) is 6.07 Å². The number of fused-ring (bicyclic) bond motifs is 1. The number of carbonyl (C=O) groups excluding carboxylic acids is 1. The largest absolute Gasteiger partial charge is 0.350 e. The molecule has 0 aliphatic heterocycles. The number of aromatic nitrogens is 3. The van der Waals surface area contributed by atoms with Crippen LogP contribution in [0.5, 0.6) is 0 Å². The van der Waals surface area contributed by atoms with E-state index < -0.39 is 0 Å². The Kier molecular flexibility index (Phi) is 4.92. The number of aryl methyl sites for hydroxylation is 2. The molecule has 126 valence electrons. The average Bonchev–Trinajstić information content (AvgIpc) is 3.20. The number of nitrogens with one attached hydrogen (secondary N) is 2. The summed E-state index contributed by atoms with van der Waals surface area (Å²) < 4.78 is 1.88. The summed E-state index contributed by atoms with van der Waals surface area (Å²) >= 11 is 1.45. The molecule has 1 atom stereocenters. The van der Waals surface area contributed by atoms with Crippen LogP contribution in [0.2, 0.25) is 0 Å². The van der Waals surface area contributed by atoms with Crippen LogP contribution in [0.15, 0.2) is 29.8 Å². The van der Waals surface area contributed by atoms with E-state index in [2.05, 4.69) is 27.6 Å². The van der Waals surface area contributed by atoms with E-state index in [1.165, 1.54) is 11.3 Å². The fourth-order valence-corrected chi connectivity index (χ4v) is 3.31. The number of hydrogen-bond acceptors (Lipinski definition) is 5. The van der Waals surface area contributed by atoms with Crippen LogP contribution in [0.1, 0.15) is 39.6 Å². The zero-order chi connectivity index (χ0) is 17.1. The van der Waals surface area contributed by atoms with Crippen LogP contribution in [0.25, 0.3) is 5.65 Å². The number of hydrogen-bond donors (Lipinski definition) is 2. The van der Waals surface area contributed by atoms with Crippen molar-refractivity contribution in [3.63, 3.8) is 0 Å². The van der Waals surface area contributed by atoms with E-state index in [1.54, 1.807) is 0 Å². The maximum Gasteiger partial charge on any atom is 0.261 e. The molecule has 0 saturated carbocycles. The van der Waals surface area contributed by atoms with Gasteiger partial charge in [-0.05, 0) is 32.2 Å². The van der Waals surface area contributed by atoms with Gasteiger partial charge in [0.2, 0.25) is 0 Å². The molecule has 0 aromatic carbocycles. The fourth-order valence-electron chi connectivity index (χ4n) is 2.67. The lowest BCUT2D eigenvalue weighted by molar-refractivity contribution is 0.0957. The molecule has 0 unspecified atom stereocenters. The molecule has 0 saturated heterocycles. The quantitative estimate of drug-likeness (QED) is 0.675. The molecule has 0 aliphatic carbocycles. The van der Waals surface area contributed by atoms with Gasteiger partial charge in [-0.3, -0.25) is 4.79 Å². The lowest BCUT2D eigenvalue weighted by atomic mass is 10.1. The smallest absolute Gasteiger partial charge is 0.261 e. The monoisotopic (exact) mass is 343 g/mol. The first-order valence-corrected chi connectivity index (χ1v) is 8.81. The lowest BCUT2D eigenvalue weighted by Gasteiger charge is -2.17. The van der Waals surface area contributed by atoms with Gasteiger partial charge in [0.25, 0.3) is 5.91 Å². The molecule has 0 fully saturated rings. The van der Waals surface area contributed by atoms with Crippen LogP contribution < -0.4 is 10.6 Å². The van der Waals surface area contributed by atoms with Crippen LogP contribution >= 0.6 is 11.3 Å². The second kappa shape index (κ2) is 7.11. The Morgan fingerprint density at radius 1 is 1.38 bits per heavy atom. The molecule has 3 heterocycles. The van der Waals surface area contributed by atoms with Crippen molar-refractivity contribution >= 4 is 22.9 Å². The molecule has 1 amide bonds. The SMILES string of the molecule is Cc1cc2ncc([C@@H](C)NCCNC(=O)c3cccs3)c(C)n2n1. The zero-order valence-electron chi connectivity index (χ0n) is 14.0. The summed E-state index contributed by atoms with van der Waals surface area (Å²) in [6.45, 7) is 7.37. The summed E-state index contributed by atoms with van der Waals surface area (Å²) in [6.07, 6.45) is 1.90. The van der Waals surface area contributed by atoms with Crippen molar-refractivity contribution in [1.29, 1.82) is 0 Å². The molecular formula is C17H21N5OS. The van der Waals surface area contributed by atoms with E-state index in [1.807, 2.05) is 48.1 Å². The van der Waals surface area contributed by atoms with Gasteiger partial charge in [-0.25, -0.2) is 9.50 Å². The Labute approximate surface area is 144 Å². The van der Waals surface area contributed by atoms with E-state index >= 15 is 0 Å². The second-order valence-corrected chi connectivity index (χ2v) is 6.71. The van der Waals surface area contributed by atoms with Gasteiger partial charge in [0, 0.05) is 42.7 Å². The molecule has 24 heavy (non-hydrogen) atoms. The standard InChI is InChI=1S/C17H21N5OS/c1-11-9-16-20-10-14(13(3)22(16)21-11)12(2)18-6-7-19-17(23)15-5-4-8-24-15/h4-5,8-10,12,18H,6-7H2,1-3H3,(H,19,23)/t12-/m1/s1. The van der Waals surface area contributed by atoms with Gasteiger partial charge in [0.05, 0.1) is 10.6 Å². The molecule has 0 aliphatic rings. The van der Waals surface area contributed by atoms with Crippen LogP contribution in [-0.2, 0) is 0 Å². The molecule has 3 aromatic rings. The van der Waals surface area contributed by atoms with Crippen LogP contribution in [0.4, 0.5) is 0 Å². The first-order chi connectivity index (χ1) is 11.6. The highest BCUT2D eigenvalue weighted by Crippen LogP contribution is 2.17. The van der Waals surface area contributed by atoms with Crippen molar-refractivity contribution in [3.8, 4) is 0 Å². The summed E-state index contributed by atoms with van der Waals surface area (Å²) in [5, 5.41) is 12.7. The lowest BCUT2D eigenvalue weighted by Crippen LogP contribution is -2.33. The van der Waals surface area contributed by atoms with E-state index in [4.69, 9.17) is 0 Å². The number of thiophene rings is 1. The normalized spacial score (nSPS) is 12.5. The van der Waals surface area contributed by atoms with Crippen molar-refractivity contribution in [1.82, 2.24) is 25.2 Å². The summed E-state index contributed by atoms with van der Waals surface area (Å²) in [6, 6.07) is 5.80. The molecule has 2 N–H and O–H groups in total. The average molecular weight is 343 g/mol. The van der Waals surface area contributed by atoms with Gasteiger partial charge in [0.1, 0.15) is 0 Å². The predicted molar refractivity (Wildman–Crippen MR) is 95.5 cm³/mol. The molecule has 0 bridgehead atoms. The van der Waals surface area contributed by atoms with Crippen molar-refractivity contribution in [2.24, 2.45) is 0 Å².